The summed E-state index contributed by atoms with van der Waals surface area (Å²) in [4.78, 5) is 16.7. The molecule has 0 radical (unpaired) electrons. The van der Waals surface area contributed by atoms with Crippen molar-refractivity contribution in [3.8, 4) is 0 Å². The van der Waals surface area contributed by atoms with Crippen molar-refractivity contribution < 1.29 is 4.79 Å². The molecule has 2 aliphatic heterocycles. The maximum Gasteiger partial charge on any atom is 0.223 e. The predicted molar refractivity (Wildman–Crippen MR) is 73.2 cm³/mol. The van der Waals surface area contributed by atoms with E-state index in [4.69, 9.17) is 5.73 Å². The van der Waals surface area contributed by atoms with Gasteiger partial charge in [-0.2, -0.15) is 0 Å². The van der Waals surface area contributed by atoms with Crippen molar-refractivity contribution in [2.45, 2.75) is 45.1 Å². The smallest absolute Gasteiger partial charge is 0.223 e. The Bertz CT molecular complexity index is 282. The normalized spacial score (nSPS) is 30.1. The molecule has 2 atom stereocenters. The van der Waals surface area contributed by atoms with Crippen LogP contribution in [0.3, 0.4) is 0 Å². The zero-order valence-electron chi connectivity index (χ0n) is 11.6. The van der Waals surface area contributed by atoms with Crippen LogP contribution in [0.25, 0.3) is 0 Å². The lowest BCUT2D eigenvalue weighted by atomic mass is 10.0. The third kappa shape index (κ3) is 3.23. The van der Waals surface area contributed by atoms with Gasteiger partial charge < -0.3 is 15.5 Å². The van der Waals surface area contributed by atoms with Gasteiger partial charge in [0, 0.05) is 25.6 Å². The third-order valence-electron chi connectivity index (χ3n) is 4.32. The lowest BCUT2D eigenvalue weighted by molar-refractivity contribution is -0.130. The Kier molecular flexibility index (Phi) is 5.01. The monoisotopic (exact) mass is 253 g/mol. The first-order valence-corrected chi connectivity index (χ1v) is 7.46. The van der Waals surface area contributed by atoms with Crippen LogP contribution in [0.4, 0.5) is 0 Å². The minimum Gasteiger partial charge on any atom is -0.338 e. The second kappa shape index (κ2) is 6.53. The summed E-state index contributed by atoms with van der Waals surface area (Å²) in [7, 11) is 0. The van der Waals surface area contributed by atoms with Crippen molar-refractivity contribution in [2.75, 3.05) is 32.7 Å². The summed E-state index contributed by atoms with van der Waals surface area (Å²) in [5.74, 6) is 0.719. The van der Waals surface area contributed by atoms with Crippen molar-refractivity contribution in [3.63, 3.8) is 0 Å². The summed E-state index contributed by atoms with van der Waals surface area (Å²) in [5.41, 5.74) is 5.69. The maximum absolute atomic E-state index is 12.0. The SMILES string of the molecule is CCCCN1CCCC(N2CC(CN)CC2=O)C1. The average Bonchev–Trinajstić information content (AvgIpc) is 2.78. The highest BCUT2D eigenvalue weighted by molar-refractivity contribution is 5.79. The Morgan fingerprint density at radius 3 is 2.89 bits per heavy atom. The highest BCUT2D eigenvalue weighted by Crippen LogP contribution is 2.24. The Morgan fingerprint density at radius 2 is 2.22 bits per heavy atom. The van der Waals surface area contributed by atoms with E-state index in [2.05, 4.69) is 16.7 Å². The summed E-state index contributed by atoms with van der Waals surface area (Å²) in [5, 5.41) is 0. The molecule has 2 saturated heterocycles. The van der Waals surface area contributed by atoms with Crippen LogP contribution >= 0.6 is 0 Å². The van der Waals surface area contributed by atoms with Crippen LogP contribution in [0, 0.1) is 5.92 Å². The first-order chi connectivity index (χ1) is 8.74. The molecule has 0 aliphatic carbocycles. The molecule has 0 saturated carbocycles. The fraction of sp³-hybridized carbons (Fsp3) is 0.929. The summed E-state index contributed by atoms with van der Waals surface area (Å²) in [6, 6.07) is 0.444. The third-order valence-corrected chi connectivity index (χ3v) is 4.32. The van der Waals surface area contributed by atoms with Crippen LogP contribution in [-0.2, 0) is 4.79 Å². The Hall–Kier alpha value is -0.610. The Balaban J connectivity index is 1.86. The van der Waals surface area contributed by atoms with Gasteiger partial charge in [0.2, 0.25) is 5.91 Å². The van der Waals surface area contributed by atoms with Crippen LogP contribution in [0.2, 0.25) is 0 Å². The highest BCUT2D eigenvalue weighted by Gasteiger charge is 2.35. The molecule has 0 aromatic rings. The second-order valence-electron chi connectivity index (χ2n) is 5.80. The zero-order chi connectivity index (χ0) is 13.0. The topological polar surface area (TPSA) is 49.6 Å². The molecule has 0 spiro atoms. The molecule has 1 amide bonds. The number of rotatable bonds is 5. The van der Waals surface area contributed by atoms with E-state index in [9.17, 15) is 4.79 Å². The van der Waals surface area contributed by atoms with E-state index in [0.717, 1.165) is 13.1 Å². The molecule has 18 heavy (non-hydrogen) atoms. The van der Waals surface area contributed by atoms with Crippen molar-refractivity contribution in [3.05, 3.63) is 0 Å². The van der Waals surface area contributed by atoms with Crippen molar-refractivity contribution >= 4 is 5.91 Å². The average molecular weight is 253 g/mol. The van der Waals surface area contributed by atoms with Crippen molar-refractivity contribution in [1.29, 1.82) is 0 Å². The molecule has 0 bridgehead atoms. The van der Waals surface area contributed by atoms with E-state index >= 15 is 0 Å². The van der Waals surface area contributed by atoms with Gasteiger partial charge in [-0.05, 0) is 44.8 Å². The van der Waals surface area contributed by atoms with Gasteiger partial charge in [-0.3, -0.25) is 4.79 Å². The lowest BCUT2D eigenvalue weighted by Gasteiger charge is -2.37. The number of unbranched alkanes of at least 4 members (excludes halogenated alkanes) is 1. The first-order valence-electron chi connectivity index (χ1n) is 7.46. The van der Waals surface area contributed by atoms with Crippen molar-refractivity contribution in [1.82, 2.24) is 9.80 Å². The molecular formula is C14H27N3O. The quantitative estimate of drug-likeness (QED) is 0.797. The van der Waals surface area contributed by atoms with Crippen LogP contribution < -0.4 is 5.73 Å². The second-order valence-corrected chi connectivity index (χ2v) is 5.80. The standard InChI is InChI=1S/C14H27N3O/c1-2-3-6-16-7-4-5-13(11-16)17-10-12(9-15)8-14(17)18/h12-13H,2-11,15H2,1H3. The summed E-state index contributed by atoms with van der Waals surface area (Å²) >= 11 is 0. The van der Waals surface area contributed by atoms with Gasteiger partial charge >= 0.3 is 0 Å². The summed E-state index contributed by atoms with van der Waals surface area (Å²) in [6.45, 7) is 7.24. The van der Waals surface area contributed by atoms with E-state index < -0.39 is 0 Å². The molecule has 2 aliphatic rings. The number of carbonyl (C=O) groups is 1. The van der Waals surface area contributed by atoms with E-state index in [0.29, 0.717) is 30.8 Å². The molecule has 2 N–H and O–H groups in total. The fourth-order valence-corrected chi connectivity index (χ4v) is 3.19. The van der Waals surface area contributed by atoms with Crippen LogP contribution in [0.15, 0.2) is 0 Å². The first kappa shape index (κ1) is 13.8. The number of piperidine rings is 1. The molecule has 4 nitrogen and oxygen atoms in total. The van der Waals surface area contributed by atoms with Gasteiger partial charge in [0.25, 0.3) is 0 Å². The number of carbonyl (C=O) groups excluding carboxylic acids is 1. The minimum atomic E-state index is 0.327. The van der Waals surface area contributed by atoms with E-state index in [1.165, 1.54) is 38.8 Å². The number of amides is 1. The molecule has 2 unspecified atom stereocenters. The largest absolute Gasteiger partial charge is 0.338 e. The van der Waals surface area contributed by atoms with E-state index in [1.54, 1.807) is 0 Å². The van der Waals surface area contributed by atoms with Crippen LogP contribution in [0.1, 0.15) is 39.0 Å². The number of hydrogen-bond donors (Lipinski definition) is 1. The van der Waals surface area contributed by atoms with Crippen molar-refractivity contribution in [2.24, 2.45) is 11.7 Å². The summed E-state index contributed by atoms with van der Waals surface area (Å²) < 4.78 is 0. The lowest BCUT2D eigenvalue weighted by Crippen LogP contribution is -2.48. The number of hydrogen-bond acceptors (Lipinski definition) is 3. The van der Waals surface area contributed by atoms with Gasteiger partial charge in [0.1, 0.15) is 0 Å². The molecule has 2 heterocycles. The molecule has 0 aromatic heterocycles. The molecule has 2 fully saturated rings. The number of likely N-dealkylation sites (tertiary alicyclic amines) is 2. The molecule has 4 heteroatoms. The molecule has 0 aromatic carbocycles. The molecular weight excluding hydrogens is 226 g/mol. The fourth-order valence-electron chi connectivity index (χ4n) is 3.19. The Labute approximate surface area is 110 Å². The predicted octanol–water partition coefficient (Wildman–Crippen LogP) is 1.06. The van der Waals surface area contributed by atoms with Gasteiger partial charge in [-0.1, -0.05) is 13.3 Å². The molecule has 2 rings (SSSR count). The maximum atomic E-state index is 12.0. The zero-order valence-corrected chi connectivity index (χ0v) is 11.6. The molecule has 104 valence electrons. The van der Waals surface area contributed by atoms with Crippen LogP contribution in [0.5, 0.6) is 0 Å². The minimum absolute atomic E-state index is 0.327. The number of nitrogens with zero attached hydrogens (tertiary/aromatic N) is 2. The number of nitrogens with two attached hydrogens (primary N) is 1. The van der Waals surface area contributed by atoms with Gasteiger partial charge in [-0.15, -0.1) is 0 Å². The van der Waals surface area contributed by atoms with Crippen LogP contribution in [-0.4, -0.2) is 54.5 Å². The highest BCUT2D eigenvalue weighted by atomic mass is 16.2. The van der Waals surface area contributed by atoms with E-state index in [1.807, 2.05) is 0 Å². The van der Waals surface area contributed by atoms with Gasteiger partial charge in [-0.25, -0.2) is 0 Å². The van der Waals surface area contributed by atoms with E-state index in [-0.39, 0.29) is 0 Å². The summed E-state index contributed by atoms with van der Waals surface area (Å²) in [6.07, 6.45) is 5.59. The van der Waals surface area contributed by atoms with Gasteiger partial charge in [0.15, 0.2) is 0 Å². The van der Waals surface area contributed by atoms with Gasteiger partial charge in [0.05, 0.1) is 0 Å². The Morgan fingerprint density at radius 1 is 1.39 bits per heavy atom.